The molecule has 0 aliphatic heterocycles. The molecule has 4 nitrogen and oxygen atoms in total. The van der Waals surface area contributed by atoms with Gasteiger partial charge in [-0.2, -0.15) is 0 Å². The monoisotopic (exact) mass is 204 g/mol. The molecule has 0 bridgehead atoms. The number of rotatable bonds is 2. The van der Waals surface area contributed by atoms with E-state index in [1.807, 2.05) is 0 Å². The van der Waals surface area contributed by atoms with Crippen LogP contribution in [-0.2, 0) is 4.79 Å². The van der Waals surface area contributed by atoms with E-state index in [1.54, 1.807) is 31.2 Å². The first kappa shape index (κ1) is 9.45. The molecule has 0 aliphatic rings. The molecule has 2 aromatic rings. The van der Waals surface area contributed by atoms with Gasteiger partial charge in [0.05, 0.1) is 0 Å². The molecule has 1 N–H and O–H groups in total. The number of Topliss-reactive ketones (excluding diaryl/α,β-unsaturated/α-hetero) is 1. The lowest BCUT2D eigenvalue weighted by Crippen LogP contribution is -2.12. The Labute approximate surface area is 85.1 Å². The maximum atomic E-state index is 11.2. The van der Waals surface area contributed by atoms with Crippen molar-refractivity contribution >= 4 is 22.7 Å². The minimum atomic E-state index is -1.50. The van der Waals surface area contributed by atoms with Crippen LogP contribution < -0.4 is 0 Å². The standard InChI is InChI=1S/C11H8O4/c1-6-7-4-2-3-5-8(7)15-10(6)9(12)11(13)14/h2-5H,1H3,(H,13,14). The van der Waals surface area contributed by atoms with Gasteiger partial charge in [-0.1, -0.05) is 18.2 Å². The molecule has 76 valence electrons. The third-order valence-corrected chi connectivity index (χ3v) is 2.24. The molecule has 0 saturated heterocycles. The number of fused-ring (bicyclic) bond motifs is 1. The van der Waals surface area contributed by atoms with Crippen LogP contribution in [0.1, 0.15) is 16.1 Å². The largest absolute Gasteiger partial charge is 0.475 e. The van der Waals surface area contributed by atoms with E-state index in [2.05, 4.69) is 0 Å². The Balaban J connectivity index is 2.68. The van der Waals surface area contributed by atoms with Crippen LogP contribution in [0.5, 0.6) is 0 Å². The molecule has 0 atom stereocenters. The second-order valence-corrected chi connectivity index (χ2v) is 3.19. The van der Waals surface area contributed by atoms with Gasteiger partial charge in [-0.15, -0.1) is 0 Å². The van der Waals surface area contributed by atoms with Gasteiger partial charge in [-0.3, -0.25) is 4.79 Å². The maximum Gasteiger partial charge on any atom is 0.380 e. The number of carboxylic acid groups (broad SMARTS) is 1. The van der Waals surface area contributed by atoms with Crippen molar-refractivity contribution in [3.8, 4) is 0 Å². The Hall–Kier alpha value is -2.10. The summed E-state index contributed by atoms with van der Waals surface area (Å²) in [6.45, 7) is 1.67. The number of furan rings is 1. The topological polar surface area (TPSA) is 67.5 Å². The van der Waals surface area contributed by atoms with E-state index in [9.17, 15) is 9.59 Å². The zero-order valence-corrected chi connectivity index (χ0v) is 7.98. The summed E-state index contributed by atoms with van der Waals surface area (Å²) in [5, 5.41) is 9.34. The van der Waals surface area contributed by atoms with Crippen LogP contribution in [0, 0.1) is 6.92 Å². The number of aliphatic carboxylic acids is 1. The van der Waals surface area contributed by atoms with Crippen LogP contribution in [0.2, 0.25) is 0 Å². The van der Waals surface area contributed by atoms with E-state index in [1.165, 1.54) is 0 Å². The number of hydrogen-bond acceptors (Lipinski definition) is 3. The van der Waals surface area contributed by atoms with Crippen molar-refractivity contribution in [2.75, 3.05) is 0 Å². The zero-order valence-electron chi connectivity index (χ0n) is 7.98. The summed E-state index contributed by atoms with van der Waals surface area (Å²) in [6.07, 6.45) is 0. The van der Waals surface area contributed by atoms with Gasteiger partial charge < -0.3 is 9.52 Å². The summed E-state index contributed by atoms with van der Waals surface area (Å²) in [4.78, 5) is 21.8. The highest BCUT2D eigenvalue weighted by atomic mass is 16.4. The molecule has 1 heterocycles. The average molecular weight is 204 g/mol. The summed E-state index contributed by atoms with van der Waals surface area (Å²) in [6, 6.07) is 7.05. The summed E-state index contributed by atoms with van der Waals surface area (Å²) in [5.74, 6) is -2.61. The summed E-state index contributed by atoms with van der Waals surface area (Å²) in [7, 11) is 0. The van der Waals surface area contributed by atoms with Crippen molar-refractivity contribution in [1.82, 2.24) is 0 Å². The molecule has 2 rings (SSSR count). The van der Waals surface area contributed by atoms with E-state index in [0.717, 1.165) is 5.39 Å². The first-order chi connectivity index (χ1) is 7.11. The number of carboxylic acids is 1. The number of ketones is 1. The van der Waals surface area contributed by atoms with Gasteiger partial charge >= 0.3 is 11.8 Å². The molecule has 15 heavy (non-hydrogen) atoms. The first-order valence-corrected chi connectivity index (χ1v) is 4.37. The van der Waals surface area contributed by atoms with E-state index in [-0.39, 0.29) is 5.76 Å². The second-order valence-electron chi connectivity index (χ2n) is 3.19. The Kier molecular flexibility index (Phi) is 2.04. The van der Waals surface area contributed by atoms with Gasteiger partial charge in [0, 0.05) is 10.9 Å². The molecular weight excluding hydrogens is 196 g/mol. The molecule has 0 saturated carbocycles. The van der Waals surface area contributed by atoms with Crippen molar-refractivity contribution in [3.05, 3.63) is 35.6 Å². The fourth-order valence-electron chi connectivity index (χ4n) is 1.49. The van der Waals surface area contributed by atoms with Gasteiger partial charge in [0.2, 0.25) is 0 Å². The molecule has 0 aliphatic carbocycles. The van der Waals surface area contributed by atoms with Gasteiger partial charge in [-0.05, 0) is 13.0 Å². The number of para-hydroxylation sites is 1. The zero-order chi connectivity index (χ0) is 11.0. The molecule has 1 aromatic heterocycles. The highest BCUT2D eigenvalue weighted by Crippen LogP contribution is 2.25. The number of benzene rings is 1. The van der Waals surface area contributed by atoms with Crippen LogP contribution in [0.15, 0.2) is 28.7 Å². The summed E-state index contributed by atoms with van der Waals surface area (Å²) >= 11 is 0. The third-order valence-electron chi connectivity index (χ3n) is 2.24. The molecule has 0 radical (unpaired) electrons. The van der Waals surface area contributed by atoms with Gasteiger partial charge in [0.1, 0.15) is 5.58 Å². The number of carbonyl (C=O) groups excluding carboxylic acids is 1. The molecule has 0 unspecified atom stereocenters. The lowest BCUT2D eigenvalue weighted by atomic mass is 10.1. The predicted molar refractivity (Wildman–Crippen MR) is 52.9 cm³/mol. The Morgan fingerprint density at radius 2 is 1.93 bits per heavy atom. The molecular formula is C11H8O4. The van der Waals surface area contributed by atoms with Gasteiger partial charge in [0.25, 0.3) is 0 Å². The first-order valence-electron chi connectivity index (χ1n) is 4.37. The molecule has 0 amide bonds. The van der Waals surface area contributed by atoms with Crippen LogP contribution in [0.25, 0.3) is 11.0 Å². The van der Waals surface area contributed by atoms with E-state index < -0.39 is 11.8 Å². The minimum absolute atomic E-state index is 0.0938. The molecule has 0 spiro atoms. The number of carbonyl (C=O) groups is 2. The average Bonchev–Trinajstić information content (AvgIpc) is 2.56. The fraction of sp³-hybridized carbons (Fsp3) is 0.0909. The van der Waals surface area contributed by atoms with Gasteiger partial charge in [0.15, 0.2) is 5.76 Å². The predicted octanol–water partition coefficient (Wildman–Crippen LogP) is 2.01. The van der Waals surface area contributed by atoms with E-state index >= 15 is 0 Å². The number of hydrogen-bond donors (Lipinski definition) is 1. The Bertz CT molecular complexity index is 551. The lowest BCUT2D eigenvalue weighted by Gasteiger charge is -1.90. The van der Waals surface area contributed by atoms with E-state index in [4.69, 9.17) is 9.52 Å². The number of aryl methyl sites for hydroxylation is 1. The smallest absolute Gasteiger partial charge is 0.380 e. The second kappa shape index (κ2) is 3.24. The minimum Gasteiger partial charge on any atom is -0.475 e. The summed E-state index contributed by atoms with van der Waals surface area (Å²) in [5.41, 5.74) is 1.10. The van der Waals surface area contributed by atoms with Crippen LogP contribution in [-0.4, -0.2) is 16.9 Å². The van der Waals surface area contributed by atoms with Crippen molar-refractivity contribution < 1.29 is 19.1 Å². The Morgan fingerprint density at radius 3 is 2.53 bits per heavy atom. The maximum absolute atomic E-state index is 11.2. The van der Waals surface area contributed by atoms with Crippen molar-refractivity contribution in [2.24, 2.45) is 0 Å². The van der Waals surface area contributed by atoms with Crippen molar-refractivity contribution in [1.29, 1.82) is 0 Å². The van der Waals surface area contributed by atoms with Crippen molar-refractivity contribution in [2.45, 2.75) is 6.92 Å². The molecule has 1 aromatic carbocycles. The molecule has 4 heteroatoms. The van der Waals surface area contributed by atoms with E-state index in [0.29, 0.717) is 11.1 Å². The Morgan fingerprint density at radius 1 is 1.27 bits per heavy atom. The SMILES string of the molecule is Cc1c(C(=O)C(=O)O)oc2ccccc12. The van der Waals surface area contributed by atoms with Crippen LogP contribution >= 0.6 is 0 Å². The van der Waals surface area contributed by atoms with Crippen molar-refractivity contribution in [3.63, 3.8) is 0 Å². The highest BCUT2D eigenvalue weighted by molar-refractivity contribution is 6.39. The summed E-state index contributed by atoms with van der Waals surface area (Å²) < 4.78 is 5.19. The van der Waals surface area contributed by atoms with Crippen LogP contribution in [0.3, 0.4) is 0 Å². The normalized spacial score (nSPS) is 10.5. The quantitative estimate of drug-likeness (QED) is 0.600. The van der Waals surface area contributed by atoms with Gasteiger partial charge in [-0.25, -0.2) is 4.79 Å². The third kappa shape index (κ3) is 1.40. The van der Waals surface area contributed by atoms with Crippen LogP contribution in [0.4, 0.5) is 0 Å². The fourth-order valence-corrected chi connectivity index (χ4v) is 1.49. The lowest BCUT2D eigenvalue weighted by molar-refractivity contribution is -0.131. The molecule has 0 fully saturated rings. The highest BCUT2D eigenvalue weighted by Gasteiger charge is 2.22.